The zero-order valence-corrected chi connectivity index (χ0v) is 32.8. The molecule has 11 aromatic rings. The monoisotopic (exact) mass is 772 g/mol. The molecule has 59 heavy (non-hydrogen) atoms. The minimum Gasteiger partial charge on any atom is -0.456 e. The third-order valence-electron chi connectivity index (χ3n) is 11.1. The van der Waals surface area contributed by atoms with Gasteiger partial charge in [-0.15, -0.1) is 11.3 Å². The second kappa shape index (κ2) is 14.8. The summed E-state index contributed by atoms with van der Waals surface area (Å²) in [5, 5.41) is 3.23. The lowest BCUT2D eigenvalue weighted by Crippen LogP contribution is -2.10. The maximum atomic E-state index is 6.50. The van der Waals surface area contributed by atoms with Gasteiger partial charge in [0.15, 0.2) is 0 Å². The van der Waals surface area contributed by atoms with Crippen molar-refractivity contribution in [3.05, 3.63) is 218 Å². The first-order chi connectivity index (χ1) is 29.2. The first kappa shape index (κ1) is 34.7. The van der Waals surface area contributed by atoms with Crippen molar-refractivity contribution in [2.24, 2.45) is 0 Å². The van der Waals surface area contributed by atoms with Gasteiger partial charge >= 0.3 is 0 Å². The van der Waals surface area contributed by atoms with Gasteiger partial charge in [0, 0.05) is 39.5 Å². The maximum Gasteiger partial charge on any atom is 0.137 e. The van der Waals surface area contributed by atoms with E-state index in [-0.39, 0.29) is 0 Å². The number of hydrogen-bond donors (Lipinski definition) is 0. The highest BCUT2D eigenvalue weighted by Gasteiger charge is 2.19. The number of nitrogens with zero attached hydrogens (tertiary/aromatic N) is 2. The van der Waals surface area contributed by atoms with Gasteiger partial charge in [0.2, 0.25) is 0 Å². The van der Waals surface area contributed by atoms with Crippen molar-refractivity contribution < 1.29 is 4.42 Å². The van der Waals surface area contributed by atoms with Crippen LogP contribution in [0.1, 0.15) is 0 Å². The summed E-state index contributed by atoms with van der Waals surface area (Å²) in [5.41, 5.74) is 16.4. The molecule has 278 valence electrons. The summed E-state index contributed by atoms with van der Waals surface area (Å²) >= 11 is 1.72. The lowest BCUT2D eigenvalue weighted by Gasteiger charge is -2.27. The number of fused-ring (bicyclic) bond motifs is 4. The van der Waals surface area contributed by atoms with Crippen LogP contribution < -0.4 is 4.90 Å². The van der Waals surface area contributed by atoms with Crippen LogP contribution in [0.4, 0.5) is 17.1 Å². The predicted molar refractivity (Wildman–Crippen MR) is 249 cm³/mol. The van der Waals surface area contributed by atoms with E-state index in [1.807, 2.05) is 6.07 Å². The Bertz CT molecular complexity index is 3230. The molecule has 3 nitrogen and oxygen atoms in total. The fourth-order valence-corrected chi connectivity index (χ4v) is 9.25. The molecule has 0 bridgehead atoms. The number of hydrogen-bond acceptors (Lipinski definition) is 4. The predicted octanol–water partition coefficient (Wildman–Crippen LogP) is 16.0. The SMILES string of the molecule is c1ccc(-c2ccc(N(c3ccc(-c4cccc5oc6cc7nc(-c8ccccc8)sc7cc6c45)cc3)c3ccc(-c4ccccc4)c(-c4ccccc4)c3)cc2)cc1. The van der Waals surface area contributed by atoms with E-state index in [0.717, 1.165) is 70.9 Å². The van der Waals surface area contributed by atoms with Crippen molar-refractivity contribution in [2.75, 3.05) is 4.90 Å². The molecule has 0 aliphatic rings. The van der Waals surface area contributed by atoms with E-state index in [0.29, 0.717) is 0 Å². The Morgan fingerprint density at radius 1 is 0.373 bits per heavy atom. The quantitative estimate of drug-likeness (QED) is 0.154. The van der Waals surface area contributed by atoms with Gasteiger partial charge in [0.05, 0.1) is 10.2 Å². The smallest absolute Gasteiger partial charge is 0.137 e. The molecule has 0 spiro atoms. The zero-order valence-electron chi connectivity index (χ0n) is 32.0. The van der Waals surface area contributed by atoms with Crippen LogP contribution in [0, 0.1) is 0 Å². The Kier molecular flexibility index (Phi) is 8.68. The van der Waals surface area contributed by atoms with E-state index in [4.69, 9.17) is 9.40 Å². The molecule has 9 aromatic carbocycles. The molecule has 2 heterocycles. The highest BCUT2D eigenvalue weighted by atomic mass is 32.1. The Balaban J connectivity index is 1.03. The van der Waals surface area contributed by atoms with Gasteiger partial charge in [-0.25, -0.2) is 4.98 Å². The third-order valence-corrected chi connectivity index (χ3v) is 12.2. The number of benzene rings is 9. The Morgan fingerprint density at radius 3 is 1.54 bits per heavy atom. The van der Waals surface area contributed by atoms with E-state index >= 15 is 0 Å². The molecule has 0 N–H and O–H groups in total. The minimum atomic E-state index is 0.847. The molecule has 0 unspecified atom stereocenters. The zero-order chi connectivity index (χ0) is 39.1. The number of aromatic nitrogens is 1. The summed E-state index contributed by atoms with van der Waals surface area (Å²) in [6, 6.07) is 77.7. The molecule has 0 aliphatic heterocycles. The Morgan fingerprint density at radius 2 is 0.898 bits per heavy atom. The summed E-state index contributed by atoms with van der Waals surface area (Å²) in [6.45, 7) is 0. The van der Waals surface area contributed by atoms with Crippen molar-refractivity contribution in [2.45, 2.75) is 0 Å². The van der Waals surface area contributed by atoms with Crippen LogP contribution >= 0.6 is 11.3 Å². The van der Waals surface area contributed by atoms with Crippen LogP contribution in [0.3, 0.4) is 0 Å². The summed E-state index contributed by atoms with van der Waals surface area (Å²) < 4.78 is 7.65. The highest BCUT2D eigenvalue weighted by Crippen LogP contribution is 2.44. The van der Waals surface area contributed by atoms with Crippen molar-refractivity contribution in [1.82, 2.24) is 4.98 Å². The highest BCUT2D eigenvalue weighted by molar-refractivity contribution is 7.21. The molecule has 0 saturated carbocycles. The van der Waals surface area contributed by atoms with Gasteiger partial charge in [-0.3, -0.25) is 0 Å². The first-order valence-corrected chi connectivity index (χ1v) is 20.7. The van der Waals surface area contributed by atoms with E-state index < -0.39 is 0 Å². The van der Waals surface area contributed by atoms with Crippen molar-refractivity contribution in [3.63, 3.8) is 0 Å². The molecular formula is C55H36N2OS. The van der Waals surface area contributed by atoms with E-state index in [9.17, 15) is 0 Å². The maximum absolute atomic E-state index is 6.50. The van der Waals surface area contributed by atoms with Gasteiger partial charge in [-0.1, -0.05) is 164 Å². The lowest BCUT2D eigenvalue weighted by molar-refractivity contribution is 0.669. The van der Waals surface area contributed by atoms with Crippen LogP contribution in [0.25, 0.3) is 87.2 Å². The lowest BCUT2D eigenvalue weighted by atomic mass is 9.93. The summed E-state index contributed by atoms with van der Waals surface area (Å²) in [6.07, 6.45) is 0. The molecule has 4 heteroatoms. The van der Waals surface area contributed by atoms with Gasteiger partial charge in [0.1, 0.15) is 16.2 Å². The van der Waals surface area contributed by atoms with Crippen molar-refractivity contribution in [3.8, 4) is 55.1 Å². The number of anilines is 3. The second-order valence-electron chi connectivity index (χ2n) is 14.7. The molecule has 0 saturated heterocycles. The van der Waals surface area contributed by atoms with E-state index in [1.165, 1.54) is 33.4 Å². The number of thiazole rings is 1. The van der Waals surface area contributed by atoms with Crippen LogP contribution in [-0.2, 0) is 0 Å². The minimum absolute atomic E-state index is 0.847. The third kappa shape index (κ3) is 6.46. The molecule has 0 radical (unpaired) electrons. The molecular weight excluding hydrogens is 737 g/mol. The van der Waals surface area contributed by atoms with Crippen molar-refractivity contribution >= 4 is 60.6 Å². The fourth-order valence-electron chi connectivity index (χ4n) is 8.26. The average molecular weight is 773 g/mol. The summed E-state index contributed by atoms with van der Waals surface area (Å²) in [5.74, 6) is 0. The topological polar surface area (TPSA) is 29.3 Å². The molecule has 0 aliphatic carbocycles. The normalized spacial score (nSPS) is 11.4. The summed E-state index contributed by atoms with van der Waals surface area (Å²) in [7, 11) is 0. The number of rotatable bonds is 8. The van der Waals surface area contributed by atoms with Gasteiger partial charge in [-0.05, 0) is 93.0 Å². The first-order valence-electron chi connectivity index (χ1n) is 19.9. The van der Waals surface area contributed by atoms with Crippen LogP contribution in [0.2, 0.25) is 0 Å². The molecule has 0 fully saturated rings. The Labute approximate surface area is 346 Å². The average Bonchev–Trinajstić information content (AvgIpc) is 3.90. The van der Waals surface area contributed by atoms with Gasteiger partial charge in [-0.2, -0.15) is 0 Å². The molecule has 0 amide bonds. The molecule has 2 aromatic heterocycles. The van der Waals surface area contributed by atoms with Crippen LogP contribution in [0.5, 0.6) is 0 Å². The van der Waals surface area contributed by atoms with Crippen LogP contribution in [0.15, 0.2) is 223 Å². The summed E-state index contributed by atoms with van der Waals surface area (Å²) in [4.78, 5) is 7.34. The van der Waals surface area contributed by atoms with Crippen molar-refractivity contribution in [1.29, 1.82) is 0 Å². The van der Waals surface area contributed by atoms with E-state index in [2.05, 4.69) is 217 Å². The van der Waals surface area contributed by atoms with Gasteiger partial charge < -0.3 is 9.32 Å². The number of furan rings is 1. The Hall–Kier alpha value is -7.53. The van der Waals surface area contributed by atoms with E-state index in [1.54, 1.807) is 11.3 Å². The largest absolute Gasteiger partial charge is 0.456 e. The molecule has 0 atom stereocenters. The standard InChI is InChI=1S/C55H36N2OS/c1-5-14-37(15-6-1)38-24-28-43(29-25-38)57(45-32-33-46(39-16-7-2-8-17-39)48(34-45)40-18-9-3-10-19-40)44-30-26-41(27-31-44)47-22-13-23-51-54(47)49-35-53-50(36-52(49)58-51)56-55(59-53)42-20-11-4-12-21-42/h1-36H. The van der Waals surface area contributed by atoms with Gasteiger partial charge in [0.25, 0.3) is 0 Å². The van der Waals surface area contributed by atoms with Crippen LogP contribution in [-0.4, -0.2) is 4.98 Å². The molecule has 11 rings (SSSR count). The fraction of sp³-hybridized carbons (Fsp3) is 0. The second-order valence-corrected chi connectivity index (χ2v) is 15.8.